The molecule has 0 amide bonds. The molecule has 0 spiro atoms. The first kappa shape index (κ1) is 13.0. The Morgan fingerprint density at radius 3 is 2.94 bits per heavy atom. The van der Waals surface area contributed by atoms with Crippen LogP contribution in [0, 0.1) is 0 Å². The maximum atomic E-state index is 5.31. The predicted molar refractivity (Wildman–Crippen MR) is 70.9 cm³/mol. The number of rotatable bonds is 5. The van der Waals surface area contributed by atoms with Crippen molar-refractivity contribution in [2.24, 2.45) is 0 Å². The molecule has 1 aromatic heterocycles. The summed E-state index contributed by atoms with van der Waals surface area (Å²) in [7, 11) is 0. The fraction of sp³-hybridized carbons (Fsp3) is 0.583. The van der Waals surface area contributed by atoms with Crippen LogP contribution >= 0.6 is 15.9 Å². The van der Waals surface area contributed by atoms with Gasteiger partial charge in [0.15, 0.2) is 0 Å². The standard InChI is InChI=1S/C12H18BrN3O/c13-12-7-11(9-15-10-12)8-14-1-2-16-3-5-17-6-4-16/h7,9-10,14H,1-6,8H2. The molecule has 1 aliphatic heterocycles. The van der Waals surface area contributed by atoms with Crippen LogP contribution in [-0.2, 0) is 11.3 Å². The van der Waals surface area contributed by atoms with E-state index < -0.39 is 0 Å². The molecular formula is C12H18BrN3O. The molecule has 17 heavy (non-hydrogen) atoms. The van der Waals surface area contributed by atoms with Gasteiger partial charge in [-0.05, 0) is 27.6 Å². The van der Waals surface area contributed by atoms with Crippen LogP contribution in [0.2, 0.25) is 0 Å². The van der Waals surface area contributed by atoms with Crippen molar-refractivity contribution in [3.63, 3.8) is 0 Å². The van der Waals surface area contributed by atoms with Gasteiger partial charge in [-0.25, -0.2) is 0 Å². The quantitative estimate of drug-likeness (QED) is 0.831. The van der Waals surface area contributed by atoms with Crippen LogP contribution in [0.15, 0.2) is 22.9 Å². The number of pyridine rings is 1. The third-order valence-electron chi connectivity index (χ3n) is 2.80. The molecule has 0 unspecified atom stereocenters. The van der Waals surface area contributed by atoms with Crippen molar-refractivity contribution in [3.8, 4) is 0 Å². The molecule has 1 aromatic rings. The SMILES string of the molecule is Brc1cncc(CNCCN2CCOCC2)c1. The van der Waals surface area contributed by atoms with Crippen LogP contribution in [0.25, 0.3) is 0 Å². The third-order valence-corrected chi connectivity index (χ3v) is 3.23. The van der Waals surface area contributed by atoms with Gasteiger partial charge >= 0.3 is 0 Å². The lowest BCUT2D eigenvalue weighted by atomic mass is 10.3. The molecule has 1 fully saturated rings. The number of hydrogen-bond donors (Lipinski definition) is 1. The monoisotopic (exact) mass is 299 g/mol. The van der Waals surface area contributed by atoms with Crippen molar-refractivity contribution in [2.45, 2.75) is 6.54 Å². The summed E-state index contributed by atoms with van der Waals surface area (Å²) >= 11 is 3.42. The van der Waals surface area contributed by atoms with Crippen molar-refractivity contribution < 1.29 is 4.74 Å². The van der Waals surface area contributed by atoms with Crippen LogP contribution in [0.4, 0.5) is 0 Å². The Morgan fingerprint density at radius 2 is 2.18 bits per heavy atom. The molecule has 2 rings (SSSR count). The maximum Gasteiger partial charge on any atom is 0.0594 e. The number of morpholine rings is 1. The Balaban J connectivity index is 1.62. The minimum atomic E-state index is 0.871. The van der Waals surface area contributed by atoms with Crippen molar-refractivity contribution in [3.05, 3.63) is 28.5 Å². The van der Waals surface area contributed by atoms with Gasteiger partial charge in [0.2, 0.25) is 0 Å². The van der Waals surface area contributed by atoms with E-state index in [0.29, 0.717) is 0 Å². The molecule has 4 nitrogen and oxygen atoms in total. The van der Waals surface area contributed by atoms with Gasteiger partial charge in [-0.3, -0.25) is 9.88 Å². The van der Waals surface area contributed by atoms with E-state index in [2.05, 4.69) is 37.2 Å². The van der Waals surface area contributed by atoms with E-state index in [-0.39, 0.29) is 0 Å². The molecule has 94 valence electrons. The van der Waals surface area contributed by atoms with Crippen molar-refractivity contribution in [1.82, 2.24) is 15.2 Å². The smallest absolute Gasteiger partial charge is 0.0594 e. The first-order valence-corrected chi connectivity index (χ1v) is 6.74. The fourth-order valence-electron chi connectivity index (χ4n) is 1.85. The average molecular weight is 300 g/mol. The van der Waals surface area contributed by atoms with Gasteiger partial charge in [0.05, 0.1) is 13.2 Å². The Labute approximate surface area is 110 Å². The maximum absolute atomic E-state index is 5.31. The number of nitrogens with zero attached hydrogens (tertiary/aromatic N) is 2. The highest BCUT2D eigenvalue weighted by Gasteiger charge is 2.08. The zero-order chi connectivity index (χ0) is 11.9. The summed E-state index contributed by atoms with van der Waals surface area (Å²) in [6.45, 7) is 6.82. The predicted octanol–water partition coefficient (Wildman–Crippen LogP) is 1.27. The second-order valence-corrected chi connectivity index (χ2v) is 5.06. The molecule has 2 heterocycles. The van der Waals surface area contributed by atoms with Gasteiger partial charge in [-0.2, -0.15) is 0 Å². The summed E-state index contributed by atoms with van der Waals surface area (Å²) in [6, 6.07) is 2.09. The summed E-state index contributed by atoms with van der Waals surface area (Å²) in [5.41, 5.74) is 1.21. The first-order valence-electron chi connectivity index (χ1n) is 5.95. The second kappa shape index (κ2) is 7.06. The summed E-state index contributed by atoms with van der Waals surface area (Å²) in [5.74, 6) is 0. The average Bonchev–Trinajstić information content (AvgIpc) is 2.36. The fourth-order valence-corrected chi connectivity index (χ4v) is 2.26. The Bertz CT molecular complexity index is 342. The zero-order valence-corrected chi connectivity index (χ0v) is 11.4. The molecule has 0 aromatic carbocycles. The summed E-state index contributed by atoms with van der Waals surface area (Å²) < 4.78 is 6.35. The number of ether oxygens (including phenoxy) is 1. The molecule has 0 saturated carbocycles. The van der Waals surface area contributed by atoms with Gasteiger partial charge in [-0.1, -0.05) is 0 Å². The van der Waals surface area contributed by atoms with Crippen molar-refractivity contribution >= 4 is 15.9 Å². The van der Waals surface area contributed by atoms with E-state index in [4.69, 9.17) is 4.74 Å². The highest BCUT2D eigenvalue weighted by Crippen LogP contribution is 2.08. The molecule has 0 radical (unpaired) electrons. The summed E-state index contributed by atoms with van der Waals surface area (Å²) in [6.07, 6.45) is 3.70. The number of nitrogens with one attached hydrogen (secondary N) is 1. The normalized spacial score (nSPS) is 17.2. The van der Waals surface area contributed by atoms with Crippen LogP contribution in [0.3, 0.4) is 0 Å². The van der Waals surface area contributed by atoms with E-state index in [1.807, 2.05) is 6.20 Å². The van der Waals surface area contributed by atoms with Crippen LogP contribution in [0.5, 0.6) is 0 Å². The van der Waals surface area contributed by atoms with Crippen LogP contribution in [-0.4, -0.2) is 49.3 Å². The summed E-state index contributed by atoms with van der Waals surface area (Å²) in [4.78, 5) is 6.57. The number of halogens is 1. The molecule has 5 heteroatoms. The van der Waals surface area contributed by atoms with Gasteiger partial charge in [-0.15, -0.1) is 0 Å². The molecule has 1 aliphatic rings. The highest BCUT2D eigenvalue weighted by atomic mass is 79.9. The highest BCUT2D eigenvalue weighted by molar-refractivity contribution is 9.10. The number of aromatic nitrogens is 1. The van der Waals surface area contributed by atoms with Gasteiger partial charge in [0, 0.05) is 49.6 Å². The first-order chi connectivity index (χ1) is 8.34. The Hall–Kier alpha value is -0.490. The molecule has 0 atom stereocenters. The summed E-state index contributed by atoms with van der Waals surface area (Å²) in [5, 5.41) is 3.43. The molecular weight excluding hydrogens is 282 g/mol. The zero-order valence-electron chi connectivity index (χ0n) is 9.86. The Kier molecular flexibility index (Phi) is 5.38. The van der Waals surface area contributed by atoms with Crippen LogP contribution in [0.1, 0.15) is 5.56 Å². The van der Waals surface area contributed by atoms with E-state index in [9.17, 15) is 0 Å². The lowest BCUT2D eigenvalue weighted by molar-refractivity contribution is 0.0384. The Morgan fingerprint density at radius 1 is 1.35 bits per heavy atom. The third kappa shape index (κ3) is 4.71. The lowest BCUT2D eigenvalue weighted by Crippen LogP contribution is -2.40. The van der Waals surface area contributed by atoms with Gasteiger partial charge in [0.25, 0.3) is 0 Å². The van der Waals surface area contributed by atoms with Gasteiger partial charge in [0.1, 0.15) is 0 Å². The van der Waals surface area contributed by atoms with Crippen molar-refractivity contribution in [2.75, 3.05) is 39.4 Å². The molecule has 0 bridgehead atoms. The second-order valence-electron chi connectivity index (χ2n) is 4.14. The molecule has 0 aliphatic carbocycles. The molecule has 1 saturated heterocycles. The van der Waals surface area contributed by atoms with Gasteiger partial charge < -0.3 is 10.1 Å². The van der Waals surface area contributed by atoms with Crippen LogP contribution < -0.4 is 5.32 Å². The van der Waals surface area contributed by atoms with E-state index in [1.54, 1.807) is 6.20 Å². The largest absolute Gasteiger partial charge is 0.379 e. The van der Waals surface area contributed by atoms with E-state index in [1.165, 1.54) is 5.56 Å². The van der Waals surface area contributed by atoms with E-state index >= 15 is 0 Å². The lowest BCUT2D eigenvalue weighted by Gasteiger charge is -2.26. The minimum absolute atomic E-state index is 0.871. The minimum Gasteiger partial charge on any atom is -0.379 e. The molecule has 1 N–H and O–H groups in total. The van der Waals surface area contributed by atoms with Crippen molar-refractivity contribution in [1.29, 1.82) is 0 Å². The number of hydrogen-bond acceptors (Lipinski definition) is 4. The van der Waals surface area contributed by atoms with E-state index in [0.717, 1.165) is 50.4 Å². The topological polar surface area (TPSA) is 37.4 Å².